The van der Waals surface area contributed by atoms with Crippen molar-refractivity contribution in [2.75, 3.05) is 19.8 Å². The minimum absolute atomic E-state index is 0.00523. The van der Waals surface area contributed by atoms with Crippen molar-refractivity contribution in [1.82, 2.24) is 0 Å². The van der Waals surface area contributed by atoms with Gasteiger partial charge in [0.25, 0.3) is 0 Å². The molecule has 0 saturated carbocycles. The third-order valence-electron chi connectivity index (χ3n) is 10.3. The Hall–Kier alpha value is -2.25. The van der Waals surface area contributed by atoms with E-state index in [2.05, 4.69) is 74.6 Å². The molecular formula is C51H91O8P. The maximum atomic E-state index is 12.6. The molecule has 0 amide bonds. The summed E-state index contributed by atoms with van der Waals surface area (Å²) in [5, 5.41) is 0. The average molecular weight is 863 g/mol. The molecule has 0 aliphatic carbocycles. The summed E-state index contributed by atoms with van der Waals surface area (Å²) in [4.78, 5) is 34.9. The largest absolute Gasteiger partial charge is 0.472 e. The Labute approximate surface area is 369 Å². The lowest BCUT2D eigenvalue weighted by Gasteiger charge is -2.19. The molecule has 2 atom stereocenters. The van der Waals surface area contributed by atoms with E-state index < -0.39 is 26.5 Å². The fourth-order valence-corrected chi connectivity index (χ4v) is 7.42. The van der Waals surface area contributed by atoms with Crippen LogP contribution in [0.5, 0.6) is 0 Å². The van der Waals surface area contributed by atoms with E-state index in [0.29, 0.717) is 6.42 Å². The molecule has 1 N–H and O–H groups in total. The van der Waals surface area contributed by atoms with Crippen LogP contribution in [0.15, 0.2) is 60.8 Å². The highest BCUT2D eigenvalue weighted by Gasteiger charge is 2.25. The van der Waals surface area contributed by atoms with Crippen LogP contribution in [0.1, 0.15) is 226 Å². The second-order valence-corrected chi connectivity index (χ2v) is 17.6. The minimum atomic E-state index is -4.29. The highest BCUT2D eigenvalue weighted by atomic mass is 31.2. The third kappa shape index (κ3) is 45.3. The zero-order chi connectivity index (χ0) is 43.9. The summed E-state index contributed by atoms with van der Waals surface area (Å²) in [5.41, 5.74) is 0. The van der Waals surface area contributed by atoms with Gasteiger partial charge in [0.1, 0.15) is 6.61 Å². The molecule has 0 bridgehead atoms. The molecule has 60 heavy (non-hydrogen) atoms. The Morgan fingerprint density at radius 1 is 0.450 bits per heavy atom. The number of phosphoric ester groups is 1. The van der Waals surface area contributed by atoms with Crippen molar-refractivity contribution in [3.8, 4) is 0 Å². The molecule has 0 aliphatic heterocycles. The number of esters is 2. The number of hydrogen-bond acceptors (Lipinski definition) is 7. The van der Waals surface area contributed by atoms with Gasteiger partial charge in [-0.15, -0.1) is 0 Å². The Balaban J connectivity index is 4.05. The number of allylic oxidation sites excluding steroid dienone is 10. The second-order valence-electron chi connectivity index (χ2n) is 16.1. The van der Waals surface area contributed by atoms with Gasteiger partial charge in [-0.25, -0.2) is 4.57 Å². The number of carbonyl (C=O) groups excluding carboxylic acids is 2. The highest BCUT2D eigenvalue weighted by molar-refractivity contribution is 7.47. The van der Waals surface area contributed by atoms with Gasteiger partial charge in [0.15, 0.2) is 6.10 Å². The molecule has 0 heterocycles. The summed E-state index contributed by atoms with van der Waals surface area (Å²) in [7, 11) is -4.29. The van der Waals surface area contributed by atoms with Crippen molar-refractivity contribution >= 4 is 19.8 Å². The number of rotatable bonds is 45. The lowest BCUT2D eigenvalue weighted by atomic mass is 10.1. The average Bonchev–Trinajstić information content (AvgIpc) is 3.23. The van der Waals surface area contributed by atoms with E-state index in [1.807, 2.05) is 0 Å². The zero-order valence-corrected chi connectivity index (χ0v) is 39.7. The Morgan fingerprint density at radius 2 is 0.800 bits per heavy atom. The zero-order valence-electron chi connectivity index (χ0n) is 38.9. The summed E-state index contributed by atoms with van der Waals surface area (Å²) in [6.45, 7) is 5.43. The lowest BCUT2D eigenvalue weighted by Crippen LogP contribution is -2.29. The van der Waals surface area contributed by atoms with Crippen molar-refractivity contribution in [3.05, 3.63) is 60.8 Å². The highest BCUT2D eigenvalue weighted by Crippen LogP contribution is 2.43. The van der Waals surface area contributed by atoms with E-state index in [9.17, 15) is 19.0 Å². The van der Waals surface area contributed by atoms with Crippen molar-refractivity contribution in [3.63, 3.8) is 0 Å². The van der Waals surface area contributed by atoms with E-state index in [-0.39, 0.29) is 32.0 Å². The standard InChI is InChI=1S/C51H91O8P/c1-4-7-9-11-13-15-17-19-21-23-25-26-28-29-31-33-35-37-39-41-43-45-50(52)56-47-49(48-58-60(54,55)57-6-3)59-51(53)46-44-42-40-38-36-34-32-30-27-24-22-20-18-16-14-12-10-8-5-2/h14,16-17,19-20,22-23,25,27,30,49H,4-13,15,18,21,24,26,28-29,31-48H2,1-3H3,(H,54,55)/b16-14-,19-17-,22-20-,25-23-,30-27-. The van der Waals surface area contributed by atoms with Gasteiger partial charge >= 0.3 is 19.8 Å². The molecule has 9 heteroatoms. The quantitative estimate of drug-likeness (QED) is 0.0279. The van der Waals surface area contributed by atoms with Crippen LogP contribution in [0.25, 0.3) is 0 Å². The van der Waals surface area contributed by atoms with Gasteiger partial charge in [0.05, 0.1) is 13.2 Å². The van der Waals surface area contributed by atoms with Gasteiger partial charge in [0.2, 0.25) is 0 Å². The molecule has 0 radical (unpaired) electrons. The number of carbonyl (C=O) groups is 2. The fourth-order valence-electron chi connectivity index (χ4n) is 6.67. The number of hydrogen-bond donors (Lipinski definition) is 1. The first-order valence-corrected chi connectivity index (χ1v) is 26.1. The summed E-state index contributed by atoms with van der Waals surface area (Å²) in [6, 6.07) is 0. The van der Waals surface area contributed by atoms with Gasteiger partial charge < -0.3 is 14.4 Å². The first kappa shape index (κ1) is 57.8. The van der Waals surface area contributed by atoms with E-state index >= 15 is 0 Å². The molecule has 0 aromatic carbocycles. The maximum Gasteiger partial charge on any atom is 0.472 e. The molecule has 0 fully saturated rings. The van der Waals surface area contributed by atoms with Crippen LogP contribution in [0.3, 0.4) is 0 Å². The normalized spacial score (nSPS) is 13.7. The Morgan fingerprint density at radius 3 is 1.23 bits per heavy atom. The predicted molar refractivity (Wildman–Crippen MR) is 253 cm³/mol. The van der Waals surface area contributed by atoms with E-state index in [4.69, 9.17) is 18.5 Å². The van der Waals surface area contributed by atoms with Crippen LogP contribution < -0.4 is 0 Å². The summed E-state index contributed by atoms with van der Waals surface area (Å²) >= 11 is 0. The van der Waals surface area contributed by atoms with Crippen molar-refractivity contribution in [1.29, 1.82) is 0 Å². The van der Waals surface area contributed by atoms with Gasteiger partial charge in [-0.05, 0) is 90.4 Å². The maximum absolute atomic E-state index is 12.6. The van der Waals surface area contributed by atoms with E-state index in [0.717, 1.165) is 77.0 Å². The van der Waals surface area contributed by atoms with E-state index in [1.54, 1.807) is 6.92 Å². The van der Waals surface area contributed by atoms with E-state index in [1.165, 1.54) is 109 Å². The minimum Gasteiger partial charge on any atom is -0.462 e. The number of ether oxygens (including phenoxy) is 2. The van der Waals surface area contributed by atoms with Crippen molar-refractivity contribution in [2.45, 2.75) is 232 Å². The molecule has 0 saturated heterocycles. The number of unbranched alkanes of at least 4 members (excludes halogenated alkanes) is 23. The van der Waals surface area contributed by atoms with Crippen LogP contribution in [0.2, 0.25) is 0 Å². The fraction of sp³-hybridized carbons (Fsp3) is 0.765. The second kappa shape index (κ2) is 46.3. The Kier molecular flexibility index (Phi) is 44.5. The van der Waals surface area contributed by atoms with Crippen molar-refractivity contribution < 1.29 is 37.6 Å². The summed E-state index contributed by atoms with van der Waals surface area (Å²) in [6.07, 6.45) is 57.0. The van der Waals surface area contributed by atoms with Crippen LogP contribution in [0.4, 0.5) is 0 Å². The molecule has 0 aromatic rings. The summed E-state index contributed by atoms with van der Waals surface area (Å²) in [5.74, 6) is -0.815. The first-order chi connectivity index (χ1) is 29.3. The van der Waals surface area contributed by atoms with Crippen LogP contribution >= 0.6 is 7.82 Å². The smallest absolute Gasteiger partial charge is 0.462 e. The van der Waals surface area contributed by atoms with Crippen molar-refractivity contribution in [2.24, 2.45) is 0 Å². The van der Waals surface area contributed by atoms with Gasteiger partial charge in [-0.1, -0.05) is 184 Å². The SMILES string of the molecule is CCCCC/C=C\C/C=C\C/C=C\CCCCCCCCC(=O)OC(COC(=O)CCCCCCCCCCC/C=C\C/C=C\CCCCCCC)COP(=O)(O)OCC. The van der Waals surface area contributed by atoms with Gasteiger partial charge in [-0.2, -0.15) is 0 Å². The molecule has 348 valence electrons. The summed E-state index contributed by atoms with van der Waals surface area (Å²) < 4.78 is 32.8. The molecule has 8 nitrogen and oxygen atoms in total. The molecule has 0 aliphatic rings. The predicted octanol–water partition coefficient (Wildman–Crippen LogP) is 15.9. The molecular weight excluding hydrogens is 772 g/mol. The van der Waals surface area contributed by atoms with Crippen LogP contribution in [-0.2, 0) is 32.7 Å². The van der Waals surface area contributed by atoms with Gasteiger partial charge in [0, 0.05) is 12.8 Å². The molecule has 0 spiro atoms. The molecule has 0 rings (SSSR count). The molecule has 0 aromatic heterocycles. The Bertz CT molecular complexity index is 1160. The third-order valence-corrected chi connectivity index (χ3v) is 11.4. The number of phosphoric acid groups is 1. The van der Waals surface area contributed by atoms with Crippen LogP contribution in [0, 0.1) is 0 Å². The van der Waals surface area contributed by atoms with Gasteiger partial charge in [-0.3, -0.25) is 18.6 Å². The molecule has 2 unspecified atom stereocenters. The topological polar surface area (TPSA) is 108 Å². The van der Waals surface area contributed by atoms with Crippen LogP contribution in [-0.4, -0.2) is 42.8 Å². The lowest BCUT2D eigenvalue weighted by molar-refractivity contribution is -0.161. The monoisotopic (exact) mass is 863 g/mol. The first-order valence-electron chi connectivity index (χ1n) is 24.6.